The smallest absolute Gasteiger partial charge is 0.274 e. The van der Waals surface area contributed by atoms with Crippen molar-refractivity contribution in [1.29, 1.82) is 0 Å². The average Bonchev–Trinajstić information content (AvgIpc) is 2.69. The Morgan fingerprint density at radius 3 is 2.94 bits per heavy atom. The van der Waals surface area contributed by atoms with Crippen LogP contribution in [0.2, 0.25) is 0 Å². The molecule has 0 spiro atoms. The fourth-order valence-electron chi connectivity index (χ4n) is 2.47. The number of carbonyl (C=O) groups excluding carboxylic acids is 1. The molecule has 1 saturated heterocycles. The van der Waals surface area contributed by atoms with Gasteiger partial charge in [-0.25, -0.2) is 0 Å². The lowest BCUT2D eigenvalue weighted by molar-refractivity contribution is 0.0676. The molecule has 2 heterocycles. The molecule has 1 aromatic rings. The summed E-state index contributed by atoms with van der Waals surface area (Å²) in [6.07, 6.45) is 2.34. The van der Waals surface area contributed by atoms with E-state index in [1.807, 2.05) is 29.5 Å². The maximum Gasteiger partial charge on any atom is 0.274 e. The predicted molar refractivity (Wildman–Crippen MR) is 66.9 cm³/mol. The minimum atomic E-state index is 0.0897. The van der Waals surface area contributed by atoms with E-state index in [4.69, 9.17) is 0 Å². The van der Waals surface area contributed by atoms with Crippen molar-refractivity contribution in [1.82, 2.24) is 14.7 Å². The monoisotopic (exact) mass is 235 g/mol. The van der Waals surface area contributed by atoms with Gasteiger partial charge in [0.15, 0.2) is 5.69 Å². The van der Waals surface area contributed by atoms with Crippen LogP contribution in [-0.2, 0) is 6.54 Å². The fraction of sp³-hybridized carbons (Fsp3) is 0.692. The molecule has 17 heavy (non-hydrogen) atoms. The van der Waals surface area contributed by atoms with Gasteiger partial charge in [0, 0.05) is 25.3 Å². The number of likely N-dealkylation sites (tertiary alicyclic amines) is 1. The minimum absolute atomic E-state index is 0.0897. The molecule has 4 nitrogen and oxygen atoms in total. The Morgan fingerprint density at radius 2 is 2.35 bits per heavy atom. The zero-order chi connectivity index (χ0) is 12.4. The highest BCUT2D eigenvalue weighted by Crippen LogP contribution is 2.17. The van der Waals surface area contributed by atoms with E-state index in [9.17, 15) is 4.79 Å². The first-order valence-corrected chi connectivity index (χ1v) is 6.45. The van der Waals surface area contributed by atoms with Crippen molar-refractivity contribution in [2.75, 3.05) is 13.1 Å². The Morgan fingerprint density at radius 1 is 1.59 bits per heavy atom. The zero-order valence-corrected chi connectivity index (χ0v) is 10.9. The number of piperidine rings is 1. The number of carbonyl (C=O) groups is 1. The summed E-state index contributed by atoms with van der Waals surface area (Å²) in [5.74, 6) is 0.703. The third-order valence-electron chi connectivity index (χ3n) is 3.44. The number of amides is 1. The van der Waals surface area contributed by atoms with Crippen LogP contribution in [-0.4, -0.2) is 33.7 Å². The summed E-state index contributed by atoms with van der Waals surface area (Å²) in [7, 11) is 0. The largest absolute Gasteiger partial charge is 0.337 e. The highest BCUT2D eigenvalue weighted by molar-refractivity contribution is 5.92. The number of nitrogens with zero attached hydrogens (tertiary/aromatic N) is 3. The summed E-state index contributed by atoms with van der Waals surface area (Å²) >= 11 is 0. The summed E-state index contributed by atoms with van der Waals surface area (Å²) < 4.78 is 1.88. The van der Waals surface area contributed by atoms with Crippen LogP contribution in [0.4, 0.5) is 0 Å². The molecule has 0 bridgehead atoms. The van der Waals surface area contributed by atoms with Crippen molar-refractivity contribution >= 4 is 5.91 Å². The predicted octanol–water partition coefficient (Wildman–Crippen LogP) is 2.08. The first-order valence-electron chi connectivity index (χ1n) is 6.45. The van der Waals surface area contributed by atoms with Gasteiger partial charge in [-0.15, -0.1) is 0 Å². The van der Waals surface area contributed by atoms with Gasteiger partial charge in [-0.1, -0.05) is 6.92 Å². The highest BCUT2D eigenvalue weighted by Gasteiger charge is 2.23. The number of aryl methyl sites for hydroxylation is 2. The van der Waals surface area contributed by atoms with Crippen molar-refractivity contribution in [2.24, 2.45) is 5.92 Å². The molecule has 1 aliphatic rings. The van der Waals surface area contributed by atoms with Gasteiger partial charge >= 0.3 is 0 Å². The molecular formula is C13H21N3O. The van der Waals surface area contributed by atoms with Crippen LogP contribution in [0.25, 0.3) is 0 Å². The van der Waals surface area contributed by atoms with Crippen LogP contribution >= 0.6 is 0 Å². The SMILES string of the molecule is CCn1nc(C(=O)N2CCCC(C)C2)cc1C. The van der Waals surface area contributed by atoms with E-state index in [2.05, 4.69) is 12.0 Å². The summed E-state index contributed by atoms with van der Waals surface area (Å²) in [5.41, 5.74) is 1.65. The topological polar surface area (TPSA) is 38.1 Å². The van der Waals surface area contributed by atoms with Crippen LogP contribution in [0.3, 0.4) is 0 Å². The second-order valence-corrected chi connectivity index (χ2v) is 4.99. The third-order valence-corrected chi connectivity index (χ3v) is 3.44. The Labute approximate surface area is 103 Å². The van der Waals surface area contributed by atoms with Crippen LogP contribution < -0.4 is 0 Å². The summed E-state index contributed by atoms with van der Waals surface area (Å²) in [5, 5.41) is 4.35. The second-order valence-electron chi connectivity index (χ2n) is 4.99. The molecule has 1 atom stereocenters. The molecule has 1 aromatic heterocycles. The molecule has 94 valence electrons. The third kappa shape index (κ3) is 2.51. The molecule has 0 saturated carbocycles. The maximum atomic E-state index is 12.3. The van der Waals surface area contributed by atoms with Gasteiger partial charge in [0.05, 0.1) is 0 Å². The van der Waals surface area contributed by atoms with Gasteiger partial charge in [-0.2, -0.15) is 5.10 Å². The molecule has 2 rings (SSSR count). The molecule has 1 fully saturated rings. The van der Waals surface area contributed by atoms with Gasteiger partial charge < -0.3 is 4.90 Å². The normalized spacial score (nSPS) is 20.6. The van der Waals surface area contributed by atoms with Crippen molar-refractivity contribution in [3.05, 3.63) is 17.5 Å². The summed E-state index contributed by atoms with van der Waals surface area (Å²) in [4.78, 5) is 14.2. The van der Waals surface area contributed by atoms with E-state index in [0.29, 0.717) is 11.6 Å². The van der Waals surface area contributed by atoms with Gasteiger partial charge in [-0.3, -0.25) is 9.48 Å². The Bertz CT molecular complexity index is 411. The van der Waals surface area contributed by atoms with Gasteiger partial charge in [0.25, 0.3) is 5.91 Å². The van der Waals surface area contributed by atoms with E-state index in [-0.39, 0.29) is 5.91 Å². The maximum absolute atomic E-state index is 12.3. The van der Waals surface area contributed by atoms with Crippen molar-refractivity contribution in [2.45, 2.75) is 40.2 Å². The van der Waals surface area contributed by atoms with Crippen LogP contribution in [0.15, 0.2) is 6.07 Å². The van der Waals surface area contributed by atoms with E-state index >= 15 is 0 Å². The van der Waals surface area contributed by atoms with Crippen LogP contribution in [0.1, 0.15) is 42.9 Å². The number of aromatic nitrogens is 2. The van der Waals surface area contributed by atoms with Gasteiger partial charge in [0.2, 0.25) is 0 Å². The number of hydrogen-bond donors (Lipinski definition) is 0. The zero-order valence-electron chi connectivity index (χ0n) is 10.9. The van der Waals surface area contributed by atoms with E-state index in [0.717, 1.165) is 31.7 Å². The Kier molecular flexibility index (Phi) is 3.50. The molecule has 0 aliphatic carbocycles. The quantitative estimate of drug-likeness (QED) is 0.787. The van der Waals surface area contributed by atoms with Crippen molar-refractivity contribution in [3.8, 4) is 0 Å². The van der Waals surface area contributed by atoms with Gasteiger partial charge in [-0.05, 0) is 38.7 Å². The number of hydrogen-bond acceptors (Lipinski definition) is 2. The molecule has 1 unspecified atom stereocenters. The first-order chi connectivity index (χ1) is 8.11. The lowest BCUT2D eigenvalue weighted by Crippen LogP contribution is -2.39. The Balaban J connectivity index is 2.13. The van der Waals surface area contributed by atoms with Crippen LogP contribution in [0, 0.1) is 12.8 Å². The molecule has 0 aromatic carbocycles. The van der Waals surface area contributed by atoms with Gasteiger partial charge in [0.1, 0.15) is 0 Å². The first kappa shape index (κ1) is 12.1. The fourth-order valence-corrected chi connectivity index (χ4v) is 2.47. The van der Waals surface area contributed by atoms with Crippen molar-refractivity contribution < 1.29 is 4.79 Å². The Hall–Kier alpha value is -1.32. The molecule has 4 heteroatoms. The minimum Gasteiger partial charge on any atom is -0.337 e. The lowest BCUT2D eigenvalue weighted by Gasteiger charge is -2.30. The molecule has 0 N–H and O–H groups in total. The standard InChI is InChI=1S/C13H21N3O/c1-4-16-11(3)8-12(14-16)13(17)15-7-5-6-10(2)9-15/h8,10H,4-7,9H2,1-3H3. The van der Waals surface area contributed by atoms with E-state index in [1.54, 1.807) is 0 Å². The average molecular weight is 235 g/mol. The highest BCUT2D eigenvalue weighted by atomic mass is 16.2. The van der Waals surface area contributed by atoms with Crippen LogP contribution in [0.5, 0.6) is 0 Å². The molecule has 1 aliphatic heterocycles. The summed E-state index contributed by atoms with van der Waals surface area (Å²) in [6, 6.07) is 1.89. The molecule has 0 radical (unpaired) electrons. The van der Waals surface area contributed by atoms with Crippen molar-refractivity contribution in [3.63, 3.8) is 0 Å². The number of rotatable bonds is 2. The molecule has 1 amide bonds. The van der Waals surface area contributed by atoms with E-state index < -0.39 is 0 Å². The summed E-state index contributed by atoms with van der Waals surface area (Å²) in [6.45, 7) is 8.80. The lowest BCUT2D eigenvalue weighted by atomic mass is 10.00. The molecular weight excluding hydrogens is 214 g/mol. The van der Waals surface area contributed by atoms with E-state index in [1.165, 1.54) is 6.42 Å². The second kappa shape index (κ2) is 4.90.